The zero-order valence-corrected chi connectivity index (χ0v) is 19.2. The Morgan fingerprint density at radius 2 is 2.06 bits per heavy atom. The maximum Gasteiger partial charge on any atom is 0.236 e. The normalized spacial score (nSPS) is 11.2. The SMILES string of the molecule is C/C=C/Cc1cc(-c2ccccc2-c2nnn[nH]2)cc(Nc2nc(Cl)ns2)c1OCCC. The molecular formula is C22H22ClN7OS. The van der Waals surface area contributed by atoms with Crippen LogP contribution in [-0.2, 0) is 6.42 Å². The van der Waals surface area contributed by atoms with E-state index in [1.807, 2.05) is 43.3 Å². The fourth-order valence-corrected chi connectivity index (χ4v) is 4.02. The molecule has 0 amide bonds. The van der Waals surface area contributed by atoms with Crippen molar-refractivity contribution in [3.63, 3.8) is 0 Å². The Labute approximate surface area is 194 Å². The molecule has 0 unspecified atom stereocenters. The molecule has 0 aliphatic rings. The molecule has 4 aromatic rings. The summed E-state index contributed by atoms with van der Waals surface area (Å²) in [5, 5.41) is 18.6. The molecule has 0 atom stereocenters. The minimum absolute atomic E-state index is 0.210. The van der Waals surface area contributed by atoms with Crippen molar-refractivity contribution in [2.75, 3.05) is 11.9 Å². The number of hydrogen-bond acceptors (Lipinski definition) is 8. The van der Waals surface area contributed by atoms with Crippen LogP contribution >= 0.6 is 23.1 Å². The molecule has 0 fully saturated rings. The molecule has 32 heavy (non-hydrogen) atoms. The Bertz CT molecular complexity index is 1210. The predicted octanol–water partition coefficient (Wildman–Crippen LogP) is 5.69. The van der Waals surface area contributed by atoms with Crippen LogP contribution in [0.2, 0.25) is 5.28 Å². The lowest BCUT2D eigenvalue weighted by atomic mass is 9.95. The lowest BCUT2D eigenvalue weighted by Crippen LogP contribution is -2.04. The molecular weight excluding hydrogens is 446 g/mol. The molecule has 0 saturated carbocycles. The molecule has 2 N–H and O–H groups in total. The van der Waals surface area contributed by atoms with Crippen LogP contribution in [0.1, 0.15) is 25.8 Å². The summed E-state index contributed by atoms with van der Waals surface area (Å²) in [6, 6.07) is 12.2. The first-order valence-electron chi connectivity index (χ1n) is 10.2. The number of aromatic amines is 1. The van der Waals surface area contributed by atoms with Gasteiger partial charge in [-0.15, -0.1) is 5.10 Å². The molecule has 0 saturated heterocycles. The molecule has 2 aromatic carbocycles. The number of ether oxygens (including phenoxy) is 1. The molecule has 0 radical (unpaired) electrons. The molecule has 0 spiro atoms. The van der Waals surface area contributed by atoms with Gasteiger partial charge in [-0.05, 0) is 65.1 Å². The van der Waals surface area contributed by atoms with Crippen LogP contribution in [0, 0.1) is 0 Å². The fourth-order valence-electron chi connectivity index (χ4n) is 3.29. The summed E-state index contributed by atoms with van der Waals surface area (Å²) in [7, 11) is 0. The Morgan fingerprint density at radius 1 is 1.22 bits per heavy atom. The molecule has 0 aliphatic heterocycles. The molecule has 0 aliphatic carbocycles. The van der Waals surface area contributed by atoms with Gasteiger partial charge in [-0.3, -0.25) is 0 Å². The summed E-state index contributed by atoms with van der Waals surface area (Å²) in [6.07, 6.45) is 5.76. The van der Waals surface area contributed by atoms with Gasteiger partial charge in [0.1, 0.15) is 5.75 Å². The van der Waals surface area contributed by atoms with Gasteiger partial charge in [-0.1, -0.05) is 43.3 Å². The van der Waals surface area contributed by atoms with Crippen molar-refractivity contribution in [2.45, 2.75) is 26.7 Å². The van der Waals surface area contributed by atoms with Gasteiger partial charge in [0.25, 0.3) is 0 Å². The number of anilines is 2. The molecule has 8 nitrogen and oxygen atoms in total. The van der Waals surface area contributed by atoms with Crippen LogP contribution < -0.4 is 10.1 Å². The average Bonchev–Trinajstić information content (AvgIpc) is 3.49. The molecule has 4 rings (SSSR count). The molecule has 2 heterocycles. The van der Waals surface area contributed by atoms with Gasteiger partial charge in [0.15, 0.2) is 5.82 Å². The minimum atomic E-state index is 0.210. The predicted molar refractivity (Wildman–Crippen MR) is 128 cm³/mol. The van der Waals surface area contributed by atoms with E-state index in [9.17, 15) is 0 Å². The standard InChI is InChI=1S/C22H22ClN7OS/c1-3-5-8-14-12-15(16-9-6-7-10-17(16)20-26-29-30-27-20)13-18(19(14)31-11-4-2)24-22-25-21(23)28-32-22/h3,5-7,9-10,12-13H,4,8,11H2,1-2H3,(H,24,25,28)(H,26,27,29,30)/b5-3+. The number of tetrazole rings is 1. The highest BCUT2D eigenvalue weighted by molar-refractivity contribution is 7.10. The first-order valence-corrected chi connectivity index (χ1v) is 11.3. The van der Waals surface area contributed by atoms with E-state index in [0.717, 1.165) is 46.5 Å². The number of hydrogen-bond donors (Lipinski definition) is 2. The number of nitrogens with one attached hydrogen (secondary N) is 2. The lowest BCUT2D eigenvalue weighted by Gasteiger charge is -2.18. The van der Waals surface area contributed by atoms with E-state index in [1.165, 1.54) is 11.5 Å². The van der Waals surface area contributed by atoms with Crippen molar-refractivity contribution in [3.8, 4) is 28.3 Å². The van der Waals surface area contributed by atoms with E-state index in [2.05, 4.69) is 54.4 Å². The Morgan fingerprint density at radius 3 is 2.75 bits per heavy atom. The molecule has 164 valence electrons. The summed E-state index contributed by atoms with van der Waals surface area (Å²) < 4.78 is 10.2. The molecule has 10 heteroatoms. The second-order valence-corrected chi connectivity index (χ2v) is 8.01. The largest absolute Gasteiger partial charge is 0.491 e. The van der Waals surface area contributed by atoms with Crippen LogP contribution in [-0.4, -0.2) is 36.6 Å². The second kappa shape index (κ2) is 10.3. The van der Waals surface area contributed by atoms with Gasteiger partial charge in [0.05, 0.1) is 12.3 Å². The third-order valence-electron chi connectivity index (χ3n) is 4.67. The number of nitrogens with zero attached hydrogens (tertiary/aromatic N) is 5. The summed E-state index contributed by atoms with van der Waals surface area (Å²) in [5.41, 5.74) is 4.75. The number of aromatic nitrogens is 6. The van der Waals surface area contributed by atoms with Crippen LogP contribution in [0.3, 0.4) is 0 Å². The van der Waals surface area contributed by atoms with Crippen molar-refractivity contribution in [1.82, 2.24) is 30.0 Å². The van der Waals surface area contributed by atoms with E-state index in [-0.39, 0.29) is 5.28 Å². The van der Waals surface area contributed by atoms with Crippen LogP contribution in [0.4, 0.5) is 10.8 Å². The summed E-state index contributed by atoms with van der Waals surface area (Å²) in [4.78, 5) is 4.24. The van der Waals surface area contributed by atoms with E-state index in [0.29, 0.717) is 17.6 Å². The highest BCUT2D eigenvalue weighted by Gasteiger charge is 2.17. The van der Waals surface area contributed by atoms with E-state index >= 15 is 0 Å². The third-order valence-corrected chi connectivity index (χ3v) is 5.57. The number of halogens is 1. The Balaban J connectivity index is 1.87. The summed E-state index contributed by atoms with van der Waals surface area (Å²) in [5.74, 6) is 1.39. The van der Waals surface area contributed by atoms with Crippen molar-refractivity contribution in [3.05, 3.63) is 59.4 Å². The summed E-state index contributed by atoms with van der Waals surface area (Å²) in [6.45, 7) is 4.69. The maximum atomic E-state index is 6.18. The third kappa shape index (κ3) is 4.95. The smallest absolute Gasteiger partial charge is 0.236 e. The summed E-state index contributed by atoms with van der Waals surface area (Å²) >= 11 is 7.14. The Kier molecular flexibility index (Phi) is 7.08. The zero-order valence-electron chi connectivity index (χ0n) is 17.7. The quantitative estimate of drug-likeness (QED) is 0.305. The second-order valence-electron chi connectivity index (χ2n) is 6.92. The van der Waals surface area contributed by atoms with Crippen LogP contribution in [0.25, 0.3) is 22.5 Å². The first-order chi connectivity index (χ1) is 15.7. The van der Waals surface area contributed by atoms with Crippen LogP contribution in [0.15, 0.2) is 48.6 Å². The molecule has 2 aromatic heterocycles. The highest BCUT2D eigenvalue weighted by Crippen LogP contribution is 2.40. The zero-order chi connectivity index (χ0) is 22.3. The Hall–Kier alpha value is -3.30. The topological polar surface area (TPSA) is 102 Å². The van der Waals surface area contributed by atoms with Gasteiger partial charge < -0.3 is 10.1 Å². The van der Waals surface area contributed by atoms with Crippen molar-refractivity contribution in [1.29, 1.82) is 0 Å². The number of H-pyrrole nitrogens is 1. The van der Waals surface area contributed by atoms with Crippen LogP contribution in [0.5, 0.6) is 5.75 Å². The fraction of sp³-hybridized carbons (Fsp3) is 0.227. The van der Waals surface area contributed by atoms with Gasteiger partial charge in [-0.2, -0.15) is 9.36 Å². The van der Waals surface area contributed by atoms with Crippen molar-refractivity contribution in [2.24, 2.45) is 0 Å². The number of rotatable bonds is 9. The monoisotopic (exact) mass is 467 g/mol. The minimum Gasteiger partial charge on any atom is -0.491 e. The van der Waals surface area contributed by atoms with E-state index < -0.39 is 0 Å². The highest BCUT2D eigenvalue weighted by atomic mass is 35.5. The average molecular weight is 468 g/mol. The van der Waals surface area contributed by atoms with E-state index in [1.54, 1.807) is 0 Å². The number of benzene rings is 2. The van der Waals surface area contributed by atoms with Gasteiger partial charge in [0.2, 0.25) is 10.4 Å². The van der Waals surface area contributed by atoms with E-state index in [4.69, 9.17) is 16.3 Å². The molecule has 0 bridgehead atoms. The number of allylic oxidation sites excluding steroid dienone is 2. The lowest BCUT2D eigenvalue weighted by molar-refractivity contribution is 0.316. The maximum absolute atomic E-state index is 6.18. The first kappa shape index (κ1) is 21.9. The van der Waals surface area contributed by atoms with Crippen molar-refractivity contribution < 1.29 is 4.74 Å². The van der Waals surface area contributed by atoms with Gasteiger partial charge in [-0.25, -0.2) is 5.10 Å². The van der Waals surface area contributed by atoms with Crippen molar-refractivity contribution >= 4 is 34.0 Å². The van der Waals surface area contributed by atoms with Gasteiger partial charge >= 0.3 is 0 Å². The van der Waals surface area contributed by atoms with Gasteiger partial charge in [0, 0.05) is 22.7 Å².